The Balaban J connectivity index is 1.65. The van der Waals surface area contributed by atoms with Crippen molar-refractivity contribution in [2.24, 2.45) is 0 Å². The van der Waals surface area contributed by atoms with Crippen molar-refractivity contribution in [1.82, 2.24) is 15.1 Å². The molecule has 0 atom stereocenters. The van der Waals surface area contributed by atoms with Crippen molar-refractivity contribution < 1.29 is 23.9 Å². The lowest BCUT2D eigenvalue weighted by Gasteiger charge is -2.03. The van der Waals surface area contributed by atoms with Crippen LogP contribution >= 0.6 is 11.3 Å². The first-order valence-corrected chi connectivity index (χ1v) is 10.3. The van der Waals surface area contributed by atoms with Crippen LogP contribution in [0.3, 0.4) is 0 Å². The summed E-state index contributed by atoms with van der Waals surface area (Å²) >= 11 is 1.55. The zero-order valence-electron chi connectivity index (χ0n) is 16.8. The fourth-order valence-corrected chi connectivity index (χ4v) is 3.38. The normalized spacial score (nSPS) is 10.7. The van der Waals surface area contributed by atoms with E-state index in [1.807, 2.05) is 58.7 Å². The summed E-state index contributed by atoms with van der Waals surface area (Å²) in [6.45, 7) is -0.184. The first-order valence-electron chi connectivity index (χ1n) is 9.39. The second kappa shape index (κ2) is 10.9. The Labute approximate surface area is 183 Å². The number of rotatable bonds is 9. The molecule has 0 saturated carbocycles. The lowest BCUT2D eigenvalue weighted by molar-refractivity contribution is -0.145. The number of carbonyl (C=O) groups excluding carboxylic acids is 3. The maximum Gasteiger partial charge on any atom is 0.331 e. The van der Waals surface area contributed by atoms with Gasteiger partial charge in [0.15, 0.2) is 6.61 Å². The van der Waals surface area contributed by atoms with Gasteiger partial charge in [0, 0.05) is 17.8 Å². The summed E-state index contributed by atoms with van der Waals surface area (Å²) in [7, 11) is 1.21. The van der Waals surface area contributed by atoms with E-state index in [4.69, 9.17) is 4.74 Å². The molecule has 9 heteroatoms. The number of thiophene rings is 1. The third-order valence-electron chi connectivity index (χ3n) is 4.13. The highest BCUT2D eigenvalue weighted by Crippen LogP contribution is 2.27. The fraction of sp³-hybridized carbons (Fsp3) is 0.182. The lowest BCUT2D eigenvalue weighted by Crippen LogP contribution is -2.33. The number of methoxy groups -OCH3 is 1. The highest BCUT2D eigenvalue weighted by atomic mass is 32.1. The van der Waals surface area contributed by atoms with Crippen LogP contribution in [-0.4, -0.2) is 47.9 Å². The number of amides is 1. The zero-order valence-corrected chi connectivity index (χ0v) is 17.6. The molecule has 31 heavy (non-hydrogen) atoms. The van der Waals surface area contributed by atoms with Gasteiger partial charge in [0.25, 0.3) is 5.91 Å². The molecule has 3 rings (SSSR count). The molecule has 0 aliphatic heterocycles. The zero-order chi connectivity index (χ0) is 22.1. The largest absolute Gasteiger partial charge is 0.468 e. The van der Waals surface area contributed by atoms with Crippen molar-refractivity contribution in [1.29, 1.82) is 0 Å². The Morgan fingerprint density at radius 2 is 1.97 bits per heavy atom. The summed E-state index contributed by atoms with van der Waals surface area (Å²) in [5.41, 5.74) is 2.62. The molecule has 160 valence electrons. The monoisotopic (exact) mass is 439 g/mol. The van der Waals surface area contributed by atoms with E-state index < -0.39 is 24.5 Å². The average Bonchev–Trinajstić information content (AvgIpc) is 3.45. The summed E-state index contributed by atoms with van der Waals surface area (Å²) < 4.78 is 11.1. The van der Waals surface area contributed by atoms with Crippen molar-refractivity contribution in [2.45, 2.75) is 6.54 Å². The van der Waals surface area contributed by atoms with Gasteiger partial charge in [-0.15, -0.1) is 11.3 Å². The Hall–Kier alpha value is -3.72. The van der Waals surface area contributed by atoms with Crippen molar-refractivity contribution in [3.05, 3.63) is 71.2 Å². The summed E-state index contributed by atoms with van der Waals surface area (Å²) in [5.74, 6) is -1.86. The molecule has 8 nitrogen and oxygen atoms in total. The molecule has 1 N–H and O–H groups in total. The van der Waals surface area contributed by atoms with Crippen LogP contribution < -0.4 is 5.32 Å². The predicted molar refractivity (Wildman–Crippen MR) is 116 cm³/mol. The number of carbonyl (C=O) groups is 3. The summed E-state index contributed by atoms with van der Waals surface area (Å²) in [5, 5.41) is 8.91. The number of benzene rings is 1. The van der Waals surface area contributed by atoms with Gasteiger partial charge in [0.2, 0.25) is 0 Å². The van der Waals surface area contributed by atoms with Crippen LogP contribution in [0.25, 0.3) is 16.6 Å². The first kappa shape index (κ1) is 22.0. The van der Waals surface area contributed by atoms with Crippen molar-refractivity contribution in [2.75, 3.05) is 20.3 Å². The van der Waals surface area contributed by atoms with Crippen LogP contribution in [-0.2, 0) is 30.4 Å². The van der Waals surface area contributed by atoms with Crippen molar-refractivity contribution >= 4 is 35.3 Å². The predicted octanol–water partition coefficient (Wildman–Crippen LogP) is 2.51. The van der Waals surface area contributed by atoms with Gasteiger partial charge < -0.3 is 14.8 Å². The molecule has 0 spiro atoms. The number of hydrogen-bond donors (Lipinski definition) is 1. The molecular weight excluding hydrogens is 418 g/mol. The molecule has 3 aromatic rings. The molecule has 1 amide bonds. The third kappa shape index (κ3) is 6.65. The van der Waals surface area contributed by atoms with Gasteiger partial charge in [-0.2, -0.15) is 5.10 Å². The van der Waals surface area contributed by atoms with Gasteiger partial charge in [-0.05, 0) is 23.1 Å². The van der Waals surface area contributed by atoms with E-state index in [9.17, 15) is 14.4 Å². The van der Waals surface area contributed by atoms with Gasteiger partial charge >= 0.3 is 11.9 Å². The van der Waals surface area contributed by atoms with Gasteiger partial charge in [0.1, 0.15) is 12.2 Å². The molecule has 0 aliphatic carbocycles. The van der Waals surface area contributed by atoms with Gasteiger partial charge in [-0.25, -0.2) is 4.79 Å². The number of esters is 2. The van der Waals surface area contributed by atoms with Crippen LogP contribution in [0, 0.1) is 0 Å². The maximum absolute atomic E-state index is 12.0. The molecule has 2 aromatic heterocycles. The number of nitrogens with zero attached hydrogens (tertiary/aromatic N) is 2. The second-order valence-corrected chi connectivity index (χ2v) is 7.34. The van der Waals surface area contributed by atoms with Crippen LogP contribution in [0.1, 0.15) is 11.1 Å². The minimum absolute atomic E-state index is 0.284. The molecule has 0 bridgehead atoms. The number of aromatic nitrogens is 2. The standard InChI is InChI=1S/C22H21N3O5S/c1-29-21(28)12-23-19(26)15-30-20(27)10-9-17-14-25(13-16-6-3-2-4-7-16)24-22(17)18-8-5-11-31-18/h2-11,14H,12-13,15H2,1H3,(H,23,26). The highest BCUT2D eigenvalue weighted by Gasteiger charge is 2.12. The molecule has 0 saturated heterocycles. The molecule has 2 heterocycles. The molecule has 1 aromatic carbocycles. The molecule has 0 radical (unpaired) electrons. The number of ether oxygens (including phenoxy) is 2. The Kier molecular flexibility index (Phi) is 7.72. The summed E-state index contributed by atoms with van der Waals surface area (Å²) in [4.78, 5) is 35.6. The van der Waals surface area contributed by atoms with Crippen LogP contribution in [0.2, 0.25) is 0 Å². The van der Waals surface area contributed by atoms with Crippen LogP contribution in [0.15, 0.2) is 60.1 Å². The Bertz CT molecular complexity index is 1060. The SMILES string of the molecule is COC(=O)CNC(=O)COC(=O)C=Cc1cn(Cc2ccccc2)nc1-c1cccs1. The second-order valence-electron chi connectivity index (χ2n) is 6.39. The van der Waals surface area contributed by atoms with E-state index >= 15 is 0 Å². The molecule has 0 aliphatic rings. The lowest BCUT2D eigenvalue weighted by atomic mass is 10.2. The van der Waals surface area contributed by atoms with E-state index in [1.165, 1.54) is 13.2 Å². The van der Waals surface area contributed by atoms with E-state index in [2.05, 4.69) is 15.2 Å². The topological polar surface area (TPSA) is 99.5 Å². The minimum Gasteiger partial charge on any atom is -0.468 e. The smallest absolute Gasteiger partial charge is 0.331 e. The van der Waals surface area contributed by atoms with Crippen LogP contribution in [0.4, 0.5) is 0 Å². The molecular formula is C22H21N3O5S. The van der Waals surface area contributed by atoms with E-state index in [-0.39, 0.29) is 6.54 Å². The number of hydrogen-bond acceptors (Lipinski definition) is 7. The third-order valence-corrected chi connectivity index (χ3v) is 5.01. The quantitative estimate of drug-likeness (QED) is 0.406. The average molecular weight is 439 g/mol. The van der Waals surface area contributed by atoms with Gasteiger partial charge in [-0.1, -0.05) is 36.4 Å². The Morgan fingerprint density at radius 3 is 2.68 bits per heavy atom. The number of nitrogens with one attached hydrogen (secondary N) is 1. The van der Waals surface area contributed by atoms with E-state index in [0.29, 0.717) is 6.54 Å². The van der Waals surface area contributed by atoms with E-state index in [0.717, 1.165) is 21.7 Å². The van der Waals surface area contributed by atoms with Crippen molar-refractivity contribution in [3.8, 4) is 10.6 Å². The summed E-state index contributed by atoms with van der Waals surface area (Å²) in [6, 6.07) is 13.8. The van der Waals surface area contributed by atoms with Crippen LogP contribution in [0.5, 0.6) is 0 Å². The maximum atomic E-state index is 12.0. The Morgan fingerprint density at radius 1 is 1.16 bits per heavy atom. The highest BCUT2D eigenvalue weighted by molar-refractivity contribution is 7.13. The van der Waals surface area contributed by atoms with E-state index in [1.54, 1.807) is 17.4 Å². The summed E-state index contributed by atoms with van der Waals surface area (Å²) in [6.07, 6.45) is 4.71. The fourth-order valence-electron chi connectivity index (χ4n) is 2.65. The van der Waals surface area contributed by atoms with Gasteiger partial charge in [0.05, 0.1) is 18.5 Å². The van der Waals surface area contributed by atoms with Gasteiger partial charge in [-0.3, -0.25) is 14.3 Å². The first-order chi connectivity index (χ1) is 15.0. The molecule has 0 fully saturated rings. The minimum atomic E-state index is -0.679. The van der Waals surface area contributed by atoms with Crippen molar-refractivity contribution in [3.63, 3.8) is 0 Å². The molecule has 0 unspecified atom stereocenters.